The van der Waals surface area contributed by atoms with Crippen LogP contribution in [-0.2, 0) is 14.9 Å². The lowest BCUT2D eigenvalue weighted by atomic mass is 9.96. The van der Waals surface area contributed by atoms with E-state index in [0.29, 0.717) is 43.0 Å². The number of hydrogen-bond acceptors (Lipinski definition) is 6. The van der Waals surface area contributed by atoms with Crippen molar-refractivity contribution < 1.29 is 26.4 Å². The Morgan fingerprint density at radius 2 is 1.83 bits per heavy atom. The summed E-state index contributed by atoms with van der Waals surface area (Å²) < 4.78 is 67.2. The zero-order valence-electron chi connectivity index (χ0n) is 16.2. The molecule has 1 fully saturated rings. The fraction of sp³-hybridized carbons (Fsp3) is 0.368. The lowest BCUT2D eigenvalue weighted by molar-refractivity contribution is 0.0826. The zero-order valence-corrected chi connectivity index (χ0v) is 17.0. The predicted octanol–water partition coefficient (Wildman–Crippen LogP) is 2.48. The van der Waals surface area contributed by atoms with Gasteiger partial charge in [-0.05, 0) is 18.6 Å². The third kappa shape index (κ3) is 4.12. The molecule has 3 heterocycles. The highest BCUT2D eigenvalue weighted by atomic mass is 32.2. The smallest absolute Gasteiger partial charge is 0.209 e. The third-order valence-electron chi connectivity index (χ3n) is 4.92. The summed E-state index contributed by atoms with van der Waals surface area (Å²) in [5, 5.41) is 4.04. The molecule has 2 aliphatic rings. The van der Waals surface area contributed by atoms with E-state index >= 15 is 0 Å². The first-order valence-corrected chi connectivity index (χ1v) is 11.1. The van der Waals surface area contributed by atoms with E-state index in [9.17, 15) is 21.6 Å². The minimum atomic E-state index is -3.29. The molecule has 1 N–H and O–H groups in total. The molecule has 11 heteroatoms. The molecule has 7 nitrogen and oxygen atoms in total. The van der Waals surface area contributed by atoms with E-state index in [1.807, 2.05) is 4.90 Å². The lowest BCUT2D eigenvalue weighted by Gasteiger charge is -2.39. The van der Waals surface area contributed by atoms with Crippen molar-refractivity contribution in [2.45, 2.75) is 25.5 Å². The van der Waals surface area contributed by atoms with Gasteiger partial charge in [0.25, 0.3) is 0 Å². The molecule has 1 aromatic carbocycles. The number of nitrogens with one attached hydrogen (secondary N) is 1. The van der Waals surface area contributed by atoms with Crippen molar-refractivity contribution in [2.75, 3.05) is 19.3 Å². The summed E-state index contributed by atoms with van der Waals surface area (Å²) >= 11 is 0. The number of rotatable bonds is 4. The van der Waals surface area contributed by atoms with Crippen LogP contribution in [0.3, 0.4) is 0 Å². The predicted molar refractivity (Wildman–Crippen MR) is 104 cm³/mol. The number of oxime groups is 1. The quantitative estimate of drug-likeness (QED) is 0.790. The van der Waals surface area contributed by atoms with Gasteiger partial charge >= 0.3 is 0 Å². The van der Waals surface area contributed by atoms with Crippen LogP contribution in [0.2, 0.25) is 0 Å². The largest absolute Gasteiger partial charge is 0.384 e. The van der Waals surface area contributed by atoms with Gasteiger partial charge in [0.05, 0.1) is 30.0 Å². The van der Waals surface area contributed by atoms with Gasteiger partial charge in [0, 0.05) is 37.0 Å². The summed E-state index contributed by atoms with van der Waals surface area (Å²) in [6.45, 7) is 2.61. The molecule has 0 saturated carbocycles. The first-order chi connectivity index (χ1) is 14.1. The highest BCUT2D eigenvalue weighted by Gasteiger charge is 2.37. The number of amidine groups is 1. The maximum absolute atomic E-state index is 14.4. The highest BCUT2D eigenvalue weighted by Crippen LogP contribution is 2.37. The van der Waals surface area contributed by atoms with Crippen molar-refractivity contribution in [2.24, 2.45) is 5.16 Å². The van der Waals surface area contributed by atoms with Crippen LogP contribution in [0, 0.1) is 24.4 Å². The number of nitrogens with zero attached hydrogens (tertiary/aromatic N) is 3. The second-order valence-electron chi connectivity index (χ2n) is 7.49. The standard InChI is InChI=1S/C19H19F3N4O3S/c1-10-3-13(18-14(21)4-11(20)5-15(18)22)19(23-7-10)16-6-17(24-29-16)26-8-12(9-26)25-30(2,27)28/h3-5,7,12,16,25H,6,8-9H2,1-2H3. The van der Waals surface area contributed by atoms with Crippen molar-refractivity contribution in [3.05, 3.63) is 53.1 Å². The highest BCUT2D eigenvalue weighted by molar-refractivity contribution is 7.88. The molecular formula is C19H19F3N4O3S. The van der Waals surface area contributed by atoms with E-state index in [0.717, 1.165) is 6.26 Å². The molecule has 0 aliphatic carbocycles. The topological polar surface area (TPSA) is 83.9 Å². The molecule has 0 bridgehead atoms. The van der Waals surface area contributed by atoms with Crippen LogP contribution in [0.5, 0.6) is 0 Å². The van der Waals surface area contributed by atoms with Crippen molar-refractivity contribution in [3.63, 3.8) is 0 Å². The fourth-order valence-corrected chi connectivity index (χ4v) is 4.36. The average Bonchev–Trinajstić information content (AvgIpc) is 3.05. The van der Waals surface area contributed by atoms with Gasteiger partial charge in [0.1, 0.15) is 23.3 Å². The van der Waals surface area contributed by atoms with Gasteiger partial charge in [-0.1, -0.05) is 5.16 Å². The summed E-state index contributed by atoms with van der Waals surface area (Å²) in [5.41, 5.74) is 0.760. The molecule has 1 unspecified atom stereocenters. The number of sulfonamides is 1. The molecule has 30 heavy (non-hydrogen) atoms. The molecule has 0 amide bonds. The van der Waals surface area contributed by atoms with Crippen molar-refractivity contribution >= 4 is 15.9 Å². The molecule has 1 saturated heterocycles. The summed E-state index contributed by atoms with van der Waals surface area (Å²) in [4.78, 5) is 11.6. The van der Waals surface area contributed by atoms with Crippen molar-refractivity contribution in [3.8, 4) is 11.1 Å². The summed E-state index contributed by atoms with van der Waals surface area (Å²) in [5.74, 6) is -2.47. The number of halogens is 3. The Morgan fingerprint density at radius 1 is 1.17 bits per heavy atom. The average molecular weight is 440 g/mol. The van der Waals surface area contributed by atoms with Gasteiger partial charge in [-0.2, -0.15) is 0 Å². The van der Waals surface area contributed by atoms with Crippen LogP contribution >= 0.6 is 0 Å². The van der Waals surface area contributed by atoms with E-state index in [2.05, 4.69) is 14.9 Å². The Morgan fingerprint density at radius 3 is 2.47 bits per heavy atom. The van der Waals surface area contributed by atoms with E-state index in [4.69, 9.17) is 4.84 Å². The molecule has 0 spiro atoms. The molecule has 4 rings (SSSR count). The van der Waals surface area contributed by atoms with Crippen LogP contribution in [0.25, 0.3) is 11.1 Å². The number of likely N-dealkylation sites (tertiary alicyclic amines) is 1. The van der Waals surface area contributed by atoms with Gasteiger partial charge in [-0.15, -0.1) is 0 Å². The van der Waals surface area contributed by atoms with Crippen LogP contribution in [0.1, 0.15) is 23.8 Å². The monoisotopic (exact) mass is 440 g/mol. The first kappa shape index (κ1) is 20.6. The molecule has 2 aliphatic heterocycles. The van der Waals surface area contributed by atoms with Crippen LogP contribution in [0.4, 0.5) is 13.2 Å². The Kier molecular flexibility index (Phi) is 5.18. The first-order valence-electron chi connectivity index (χ1n) is 9.17. The Bertz CT molecular complexity index is 1110. The summed E-state index contributed by atoms with van der Waals surface area (Å²) in [7, 11) is -3.29. The number of pyridine rings is 1. The normalized spacial score (nSPS) is 19.4. The van der Waals surface area contributed by atoms with E-state index < -0.39 is 33.6 Å². The zero-order chi connectivity index (χ0) is 21.6. The molecule has 0 radical (unpaired) electrons. The summed E-state index contributed by atoms with van der Waals surface area (Å²) in [6.07, 6.45) is 2.27. The summed E-state index contributed by atoms with van der Waals surface area (Å²) in [6, 6.07) is 2.60. The number of aromatic nitrogens is 1. The van der Waals surface area contributed by atoms with Gasteiger partial charge in [-0.25, -0.2) is 26.3 Å². The fourth-order valence-electron chi connectivity index (χ4n) is 3.60. The van der Waals surface area contributed by atoms with Gasteiger partial charge in [-0.3, -0.25) is 4.98 Å². The lowest BCUT2D eigenvalue weighted by Crippen LogP contribution is -2.60. The number of aryl methyl sites for hydroxylation is 1. The number of benzene rings is 1. The van der Waals surface area contributed by atoms with E-state index in [1.54, 1.807) is 19.2 Å². The molecule has 160 valence electrons. The SMILES string of the molecule is Cc1cnc(C2CC(N3CC(NS(C)(=O)=O)C3)=NO2)c(-c2c(F)cc(F)cc2F)c1. The Balaban J connectivity index is 1.55. The maximum Gasteiger partial charge on any atom is 0.209 e. The molecular weight excluding hydrogens is 421 g/mol. The number of hydrogen-bond donors (Lipinski definition) is 1. The van der Waals surface area contributed by atoms with Crippen LogP contribution in [-0.4, -0.2) is 49.5 Å². The Hall–Kier alpha value is -2.66. The maximum atomic E-state index is 14.4. The van der Waals surface area contributed by atoms with Gasteiger partial charge < -0.3 is 9.74 Å². The van der Waals surface area contributed by atoms with Crippen LogP contribution in [0.15, 0.2) is 29.6 Å². The molecule has 2 aromatic rings. The van der Waals surface area contributed by atoms with Gasteiger partial charge in [0.2, 0.25) is 10.0 Å². The van der Waals surface area contributed by atoms with Crippen molar-refractivity contribution in [1.29, 1.82) is 0 Å². The molecule has 1 atom stereocenters. The minimum Gasteiger partial charge on any atom is -0.384 e. The minimum absolute atomic E-state index is 0.173. The van der Waals surface area contributed by atoms with Gasteiger partial charge in [0.15, 0.2) is 6.10 Å². The van der Waals surface area contributed by atoms with Crippen LogP contribution < -0.4 is 4.72 Å². The van der Waals surface area contributed by atoms with Crippen molar-refractivity contribution in [1.82, 2.24) is 14.6 Å². The molecule has 1 aromatic heterocycles. The second-order valence-corrected chi connectivity index (χ2v) is 9.27. The van der Waals surface area contributed by atoms with E-state index in [-0.39, 0.29) is 22.9 Å². The van der Waals surface area contributed by atoms with E-state index in [1.165, 1.54) is 0 Å². The Labute approximate surface area is 171 Å². The second kappa shape index (κ2) is 7.55. The third-order valence-corrected chi connectivity index (χ3v) is 5.68.